The smallest absolute Gasteiger partial charge is 0.167 e. The van der Waals surface area contributed by atoms with Crippen molar-refractivity contribution < 1.29 is 9.53 Å². The molecule has 3 rings (SSSR count). The molecule has 3 nitrogen and oxygen atoms in total. The Hall–Kier alpha value is -1.87. The molecule has 0 amide bonds. The molecular formula is C23H31NO2. The summed E-state index contributed by atoms with van der Waals surface area (Å²) in [7, 11) is 1.67. The molecule has 0 bridgehead atoms. The minimum absolute atomic E-state index is 0.0672. The van der Waals surface area contributed by atoms with E-state index in [2.05, 4.69) is 12.2 Å². The maximum atomic E-state index is 13.1. The number of rotatable bonds is 8. The van der Waals surface area contributed by atoms with Crippen LogP contribution in [-0.2, 0) is 0 Å². The summed E-state index contributed by atoms with van der Waals surface area (Å²) in [5.74, 6) is 1.18. The van der Waals surface area contributed by atoms with Gasteiger partial charge in [0, 0.05) is 24.1 Å². The maximum absolute atomic E-state index is 13.1. The number of Topliss-reactive ketones (excluding diaryl/α,β-unsaturated/α-hetero) is 1. The van der Waals surface area contributed by atoms with Crippen LogP contribution in [0.5, 0.6) is 5.75 Å². The lowest BCUT2D eigenvalue weighted by Crippen LogP contribution is -2.37. The average Bonchev–Trinajstić information content (AvgIpc) is 2.70. The molecular weight excluding hydrogens is 322 g/mol. The van der Waals surface area contributed by atoms with E-state index in [1.165, 1.54) is 32.1 Å². The molecule has 0 heterocycles. The van der Waals surface area contributed by atoms with Crippen molar-refractivity contribution >= 4 is 16.6 Å². The fourth-order valence-electron chi connectivity index (χ4n) is 4.03. The minimum atomic E-state index is 0.0672. The van der Waals surface area contributed by atoms with E-state index >= 15 is 0 Å². The van der Waals surface area contributed by atoms with E-state index in [1.54, 1.807) is 7.11 Å². The number of hydrogen-bond acceptors (Lipinski definition) is 3. The van der Waals surface area contributed by atoms with E-state index in [0.29, 0.717) is 6.04 Å². The topological polar surface area (TPSA) is 38.3 Å². The van der Waals surface area contributed by atoms with Crippen LogP contribution in [-0.4, -0.2) is 25.5 Å². The molecule has 0 aromatic heterocycles. The highest BCUT2D eigenvalue weighted by atomic mass is 16.5. The first-order valence-corrected chi connectivity index (χ1v) is 10.1. The van der Waals surface area contributed by atoms with Crippen molar-refractivity contribution in [2.45, 2.75) is 57.9 Å². The van der Waals surface area contributed by atoms with Gasteiger partial charge in [-0.05, 0) is 48.2 Å². The molecule has 2 aromatic carbocycles. The number of ketones is 1. The van der Waals surface area contributed by atoms with Crippen LogP contribution in [0.1, 0.15) is 62.2 Å². The van der Waals surface area contributed by atoms with Crippen LogP contribution in [0.2, 0.25) is 0 Å². The Kier molecular flexibility index (Phi) is 6.67. The first-order valence-electron chi connectivity index (χ1n) is 10.1. The number of benzene rings is 2. The second-order valence-electron chi connectivity index (χ2n) is 7.52. The predicted octanol–water partition coefficient (Wildman–Crippen LogP) is 5.37. The average molecular weight is 354 g/mol. The lowest BCUT2D eigenvalue weighted by Gasteiger charge is -2.25. The van der Waals surface area contributed by atoms with Crippen molar-refractivity contribution in [2.75, 3.05) is 13.7 Å². The lowest BCUT2D eigenvalue weighted by molar-refractivity contribution is 0.0908. The first-order chi connectivity index (χ1) is 12.7. The zero-order valence-corrected chi connectivity index (χ0v) is 16.1. The number of carbonyl (C=O) groups excluding carboxylic acids is 1. The third-order valence-electron chi connectivity index (χ3n) is 5.60. The normalized spacial score (nSPS) is 16.5. The van der Waals surface area contributed by atoms with Crippen molar-refractivity contribution in [3.05, 3.63) is 42.0 Å². The van der Waals surface area contributed by atoms with E-state index < -0.39 is 0 Å². The highest BCUT2D eigenvalue weighted by Crippen LogP contribution is 2.24. The summed E-state index contributed by atoms with van der Waals surface area (Å²) in [4.78, 5) is 13.1. The van der Waals surface area contributed by atoms with E-state index in [0.717, 1.165) is 41.5 Å². The van der Waals surface area contributed by atoms with Crippen molar-refractivity contribution in [1.29, 1.82) is 0 Å². The third kappa shape index (κ3) is 4.64. The van der Waals surface area contributed by atoms with Gasteiger partial charge in [0.25, 0.3) is 0 Å². The van der Waals surface area contributed by atoms with Crippen molar-refractivity contribution in [3.63, 3.8) is 0 Å². The molecule has 0 aliphatic heterocycles. The predicted molar refractivity (Wildman–Crippen MR) is 108 cm³/mol. The fraction of sp³-hybridized carbons (Fsp3) is 0.522. The van der Waals surface area contributed by atoms with E-state index in [9.17, 15) is 4.79 Å². The van der Waals surface area contributed by atoms with Gasteiger partial charge in [-0.15, -0.1) is 0 Å². The Morgan fingerprint density at radius 3 is 2.58 bits per heavy atom. The van der Waals surface area contributed by atoms with Gasteiger partial charge in [0.2, 0.25) is 0 Å². The Morgan fingerprint density at radius 1 is 1.12 bits per heavy atom. The molecule has 0 radical (unpaired) electrons. The molecule has 1 fully saturated rings. The van der Waals surface area contributed by atoms with Crippen molar-refractivity contribution in [2.24, 2.45) is 5.92 Å². The highest BCUT2D eigenvalue weighted by Gasteiger charge is 2.21. The van der Waals surface area contributed by atoms with E-state index in [1.807, 2.05) is 36.4 Å². The van der Waals surface area contributed by atoms with Gasteiger partial charge in [0.15, 0.2) is 5.78 Å². The first kappa shape index (κ1) is 18.9. The largest absolute Gasteiger partial charge is 0.497 e. The number of carbonyl (C=O) groups is 1. The fourth-order valence-corrected chi connectivity index (χ4v) is 4.03. The Labute approximate surface area is 157 Å². The standard InChI is InChI=1S/C23H31NO2/c1-3-7-20(16-24-21-8-5-4-6-9-21)23(25)19-11-10-18-15-22(26-2)13-12-17(18)14-19/h10-15,20-21,24H,3-9,16H2,1-2H3. The molecule has 1 saturated carbocycles. The zero-order chi connectivity index (χ0) is 18.4. The molecule has 0 saturated heterocycles. The molecule has 1 aliphatic carbocycles. The Bertz CT molecular complexity index is 734. The monoisotopic (exact) mass is 353 g/mol. The molecule has 0 spiro atoms. The van der Waals surface area contributed by atoms with E-state index in [4.69, 9.17) is 4.74 Å². The van der Waals surface area contributed by atoms with Crippen LogP contribution in [0.3, 0.4) is 0 Å². The number of methoxy groups -OCH3 is 1. The molecule has 26 heavy (non-hydrogen) atoms. The second-order valence-corrected chi connectivity index (χ2v) is 7.52. The number of fused-ring (bicyclic) bond motifs is 1. The quantitative estimate of drug-likeness (QED) is 0.648. The van der Waals surface area contributed by atoms with Crippen LogP contribution in [0, 0.1) is 5.92 Å². The maximum Gasteiger partial charge on any atom is 0.167 e. The van der Waals surface area contributed by atoms with Gasteiger partial charge in [-0.1, -0.05) is 50.8 Å². The molecule has 2 aromatic rings. The summed E-state index contributed by atoms with van der Waals surface area (Å²) in [5, 5.41) is 5.87. The van der Waals surface area contributed by atoms with Gasteiger partial charge in [-0.2, -0.15) is 0 Å². The summed E-state index contributed by atoms with van der Waals surface area (Å²) in [6.07, 6.45) is 8.48. The summed E-state index contributed by atoms with van der Waals surface area (Å²) < 4.78 is 5.28. The molecule has 3 heteroatoms. The van der Waals surface area contributed by atoms with Crippen LogP contribution in [0.25, 0.3) is 10.8 Å². The van der Waals surface area contributed by atoms with Crippen LogP contribution in [0.15, 0.2) is 36.4 Å². The van der Waals surface area contributed by atoms with Crippen molar-refractivity contribution in [3.8, 4) is 5.75 Å². The summed E-state index contributed by atoms with van der Waals surface area (Å²) >= 11 is 0. The van der Waals surface area contributed by atoms with Crippen molar-refractivity contribution in [1.82, 2.24) is 5.32 Å². The van der Waals surface area contributed by atoms with Crippen LogP contribution >= 0.6 is 0 Å². The van der Waals surface area contributed by atoms with E-state index in [-0.39, 0.29) is 11.7 Å². The number of ether oxygens (including phenoxy) is 1. The number of hydrogen-bond donors (Lipinski definition) is 1. The van der Waals surface area contributed by atoms with Gasteiger partial charge in [-0.3, -0.25) is 4.79 Å². The molecule has 1 N–H and O–H groups in total. The Morgan fingerprint density at radius 2 is 1.85 bits per heavy atom. The zero-order valence-electron chi connectivity index (χ0n) is 16.1. The van der Waals surface area contributed by atoms with Gasteiger partial charge >= 0.3 is 0 Å². The summed E-state index contributed by atoms with van der Waals surface area (Å²) in [6, 6.07) is 12.6. The molecule has 1 unspecified atom stereocenters. The lowest BCUT2D eigenvalue weighted by atomic mass is 9.90. The van der Waals surface area contributed by atoms with Crippen LogP contribution < -0.4 is 10.1 Å². The molecule has 1 aliphatic rings. The van der Waals surface area contributed by atoms with Gasteiger partial charge in [0.1, 0.15) is 5.75 Å². The van der Waals surface area contributed by atoms with Gasteiger partial charge < -0.3 is 10.1 Å². The van der Waals surface area contributed by atoms with Gasteiger partial charge in [-0.25, -0.2) is 0 Å². The summed E-state index contributed by atoms with van der Waals surface area (Å²) in [5.41, 5.74) is 0.826. The SMILES string of the molecule is CCCC(CNC1CCCCC1)C(=O)c1ccc2cc(OC)ccc2c1. The second kappa shape index (κ2) is 9.18. The van der Waals surface area contributed by atoms with Gasteiger partial charge in [0.05, 0.1) is 7.11 Å². The highest BCUT2D eigenvalue weighted by molar-refractivity contribution is 6.01. The number of nitrogens with one attached hydrogen (secondary N) is 1. The third-order valence-corrected chi connectivity index (χ3v) is 5.60. The molecule has 140 valence electrons. The van der Waals surface area contributed by atoms with Crippen LogP contribution in [0.4, 0.5) is 0 Å². The summed E-state index contributed by atoms with van der Waals surface area (Å²) in [6.45, 7) is 2.96. The molecule has 1 atom stereocenters. The minimum Gasteiger partial charge on any atom is -0.497 e. The Balaban J connectivity index is 1.72.